The van der Waals surface area contributed by atoms with E-state index < -0.39 is 0 Å². The second-order valence-corrected chi connectivity index (χ2v) is 21.5. The molecule has 0 spiro atoms. The third-order valence-electron chi connectivity index (χ3n) is 15.2. The Bertz CT molecular complexity index is 3650. The van der Waals surface area contributed by atoms with Crippen molar-refractivity contribution in [1.29, 1.82) is 0 Å². The van der Waals surface area contributed by atoms with E-state index in [-0.39, 0.29) is 0 Å². The smallest absolute Gasteiger partial charge is 0.0542 e. The van der Waals surface area contributed by atoms with Gasteiger partial charge in [0.1, 0.15) is 0 Å². The van der Waals surface area contributed by atoms with Gasteiger partial charge in [-0.25, -0.2) is 0 Å². The minimum atomic E-state index is 1.03. The fraction of sp³-hybridized carbons (Fsp3) is 0.108. The van der Waals surface area contributed by atoms with Crippen molar-refractivity contribution in [3.63, 3.8) is 0 Å². The molecule has 0 saturated carbocycles. The van der Waals surface area contributed by atoms with E-state index >= 15 is 0 Å². The van der Waals surface area contributed by atoms with Gasteiger partial charge in [-0.05, 0) is 207 Å². The van der Waals surface area contributed by atoms with Crippen molar-refractivity contribution in [2.75, 3.05) is 19.6 Å². The predicted molar refractivity (Wildman–Crippen MR) is 337 cm³/mol. The maximum atomic E-state index is 2.49. The molecule has 79 heavy (non-hydrogen) atoms. The first kappa shape index (κ1) is 50.2. The molecule has 12 aromatic rings. The van der Waals surface area contributed by atoms with Gasteiger partial charge in [0.15, 0.2) is 0 Å². The average Bonchev–Trinajstić information content (AvgIpc) is 4.06. The number of hydrogen-bond acceptors (Lipinski definition) is 4. The molecule has 386 valence electrons. The number of nitrogens with zero attached hydrogens (tertiary/aromatic N) is 5. The van der Waals surface area contributed by atoms with Gasteiger partial charge in [0.05, 0.1) is 28.1 Å². The topological polar surface area (TPSA) is 17.9 Å². The molecule has 0 aliphatic carbocycles. The first-order valence-electron chi connectivity index (χ1n) is 27.4. The molecule has 5 heteroatoms. The van der Waals surface area contributed by atoms with Crippen LogP contribution in [-0.4, -0.2) is 4.57 Å². The number of benzene rings is 11. The molecule has 0 atom stereocenters. The van der Waals surface area contributed by atoms with Crippen molar-refractivity contribution in [2.45, 2.75) is 55.4 Å². The van der Waals surface area contributed by atoms with Crippen LogP contribution in [0.2, 0.25) is 0 Å². The van der Waals surface area contributed by atoms with Crippen molar-refractivity contribution < 1.29 is 0 Å². The highest BCUT2D eigenvalue weighted by Gasteiger charge is 2.24. The second-order valence-electron chi connectivity index (χ2n) is 21.5. The quantitative estimate of drug-likeness (QED) is 0.114. The van der Waals surface area contributed by atoms with Crippen molar-refractivity contribution in [3.05, 3.63) is 293 Å². The number of rotatable bonds is 13. The van der Waals surface area contributed by atoms with Crippen LogP contribution in [0, 0.1) is 55.4 Å². The maximum Gasteiger partial charge on any atom is 0.0542 e. The van der Waals surface area contributed by atoms with E-state index in [0.717, 1.165) is 95.7 Å². The van der Waals surface area contributed by atoms with Crippen LogP contribution in [-0.2, 0) is 0 Å². The molecule has 0 N–H and O–H groups in total. The van der Waals surface area contributed by atoms with Crippen molar-refractivity contribution in [2.24, 2.45) is 0 Å². The lowest BCUT2D eigenvalue weighted by Gasteiger charge is -2.31. The standard InChI is InChI=1S/C74H65N5/c1-50-9-25-58(26-10-50)75(59-27-11-51(2)12-28-59)66-41-43-73-71(48-66)72-49-67(76(60-29-13-52(3)14-30-60)61-31-15-53(4)16-32-61)42-44-74(72)79(73)70-46-68(77(62-33-17-54(5)18-34-62)63-35-19-55(6)20-36-63)45-69(47-70)78(64-37-21-56(7)22-38-64)65-39-23-57(8)24-40-65/h9-49H,1-8H3. The summed E-state index contributed by atoms with van der Waals surface area (Å²) in [6.07, 6.45) is 0. The number of hydrogen-bond donors (Lipinski definition) is 0. The summed E-state index contributed by atoms with van der Waals surface area (Å²) >= 11 is 0. The van der Waals surface area contributed by atoms with Crippen molar-refractivity contribution in [1.82, 2.24) is 4.57 Å². The van der Waals surface area contributed by atoms with Crippen LogP contribution in [0.25, 0.3) is 27.5 Å². The Morgan fingerprint density at radius 1 is 0.190 bits per heavy atom. The van der Waals surface area contributed by atoms with Crippen LogP contribution in [0.5, 0.6) is 0 Å². The number of fused-ring (bicyclic) bond motifs is 3. The lowest BCUT2D eigenvalue weighted by Crippen LogP contribution is -2.14. The molecule has 0 amide bonds. The van der Waals surface area contributed by atoms with E-state index in [0.29, 0.717) is 0 Å². The van der Waals surface area contributed by atoms with E-state index in [4.69, 9.17) is 0 Å². The highest BCUT2D eigenvalue weighted by Crippen LogP contribution is 2.47. The van der Waals surface area contributed by atoms with Gasteiger partial charge in [-0.1, -0.05) is 142 Å². The third-order valence-corrected chi connectivity index (χ3v) is 15.2. The molecule has 11 aromatic carbocycles. The second kappa shape index (κ2) is 21.1. The Morgan fingerprint density at radius 3 is 0.595 bits per heavy atom. The van der Waals surface area contributed by atoms with Gasteiger partial charge in [0, 0.05) is 67.6 Å². The molecule has 12 rings (SSSR count). The van der Waals surface area contributed by atoms with Crippen LogP contribution in [0.4, 0.5) is 68.2 Å². The summed E-state index contributed by atoms with van der Waals surface area (Å²) in [5, 5.41) is 2.28. The normalized spacial score (nSPS) is 11.3. The highest BCUT2D eigenvalue weighted by atomic mass is 15.2. The minimum absolute atomic E-state index is 1.03. The Hall–Kier alpha value is -9.58. The fourth-order valence-electron chi connectivity index (χ4n) is 10.9. The van der Waals surface area contributed by atoms with Crippen LogP contribution in [0.3, 0.4) is 0 Å². The Kier molecular flexibility index (Phi) is 13.4. The first-order chi connectivity index (χ1) is 38.4. The fourth-order valence-corrected chi connectivity index (χ4v) is 10.9. The summed E-state index contributed by atoms with van der Waals surface area (Å²) in [7, 11) is 0. The SMILES string of the molecule is Cc1ccc(N(c2ccc(C)cc2)c2cc(N(c3ccc(C)cc3)c3ccc(C)cc3)cc(-n3c4ccc(N(c5ccc(C)cc5)c5ccc(C)cc5)cc4c4cc(N(c5ccc(C)cc5)c5ccc(C)cc5)ccc43)c2)cc1. The van der Waals surface area contributed by atoms with Crippen LogP contribution in [0.1, 0.15) is 44.5 Å². The van der Waals surface area contributed by atoms with Gasteiger partial charge >= 0.3 is 0 Å². The largest absolute Gasteiger partial charge is 0.310 e. The molecule has 0 unspecified atom stereocenters. The van der Waals surface area contributed by atoms with Gasteiger partial charge in [-0.3, -0.25) is 0 Å². The van der Waals surface area contributed by atoms with Gasteiger partial charge in [-0.15, -0.1) is 0 Å². The lowest BCUT2D eigenvalue weighted by molar-refractivity contribution is 1.15. The Labute approximate surface area is 466 Å². The van der Waals surface area contributed by atoms with Gasteiger partial charge in [0.25, 0.3) is 0 Å². The zero-order valence-corrected chi connectivity index (χ0v) is 46.4. The van der Waals surface area contributed by atoms with Crippen LogP contribution >= 0.6 is 0 Å². The van der Waals surface area contributed by atoms with Crippen LogP contribution < -0.4 is 19.6 Å². The first-order valence-corrected chi connectivity index (χ1v) is 27.4. The third kappa shape index (κ3) is 10.2. The molecule has 0 aliphatic heterocycles. The van der Waals surface area contributed by atoms with E-state index in [1.54, 1.807) is 0 Å². The Morgan fingerprint density at radius 2 is 0.380 bits per heavy atom. The van der Waals surface area contributed by atoms with Gasteiger partial charge < -0.3 is 24.2 Å². The minimum Gasteiger partial charge on any atom is -0.310 e. The summed E-state index contributed by atoms with van der Waals surface area (Å²) in [5.41, 5.74) is 25.8. The average molecular weight is 1020 g/mol. The predicted octanol–water partition coefficient (Wildman–Crippen LogP) is 21.1. The molecular weight excluding hydrogens is 959 g/mol. The summed E-state index contributed by atoms with van der Waals surface area (Å²) in [5.74, 6) is 0. The van der Waals surface area contributed by atoms with E-state index in [9.17, 15) is 0 Å². The molecule has 0 saturated heterocycles. The number of aryl methyl sites for hydroxylation is 8. The molecular formula is C74H65N5. The number of anilines is 12. The molecule has 1 heterocycles. The zero-order valence-electron chi connectivity index (χ0n) is 46.4. The molecule has 0 radical (unpaired) electrons. The Balaban J connectivity index is 1.17. The van der Waals surface area contributed by atoms with Crippen LogP contribution in [0.15, 0.2) is 249 Å². The van der Waals surface area contributed by atoms with E-state index in [1.165, 1.54) is 44.5 Å². The highest BCUT2D eigenvalue weighted by molar-refractivity contribution is 6.12. The van der Waals surface area contributed by atoms with Gasteiger partial charge in [-0.2, -0.15) is 0 Å². The number of aromatic nitrogens is 1. The summed E-state index contributed by atoms with van der Waals surface area (Å²) in [6.45, 7) is 17.2. The molecule has 0 bridgehead atoms. The summed E-state index contributed by atoms with van der Waals surface area (Å²) in [4.78, 5) is 9.58. The summed E-state index contributed by atoms with van der Waals surface area (Å²) in [6, 6.07) is 92.3. The molecule has 0 aliphatic rings. The molecule has 1 aromatic heterocycles. The van der Waals surface area contributed by atoms with E-state index in [1.807, 2.05) is 0 Å². The van der Waals surface area contributed by atoms with E-state index in [2.05, 4.69) is 328 Å². The van der Waals surface area contributed by atoms with Gasteiger partial charge in [0.2, 0.25) is 0 Å². The van der Waals surface area contributed by atoms with Crippen molar-refractivity contribution in [3.8, 4) is 5.69 Å². The summed E-state index contributed by atoms with van der Waals surface area (Å²) < 4.78 is 2.49. The van der Waals surface area contributed by atoms with Crippen molar-refractivity contribution >= 4 is 90.1 Å². The monoisotopic (exact) mass is 1020 g/mol. The lowest BCUT2D eigenvalue weighted by atomic mass is 10.1. The molecule has 0 fully saturated rings. The zero-order chi connectivity index (χ0) is 54.3. The molecule has 5 nitrogen and oxygen atoms in total. The maximum absolute atomic E-state index is 2.49.